The van der Waals surface area contributed by atoms with Gasteiger partial charge in [-0.1, -0.05) is 30.3 Å². The molecule has 0 fully saturated rings. The lowest BCUT2D eigenvalue weighted by atomic mass is 9.72. The number of ketones is 1. The number of hydrogen-bond donors (Lipinski definition) is 1. The maximum absolute atomic E-state index is 13.4. The van der Waals surface area contributed by atoms with E-state index in [4.69, 9.17) is 5.73 Å². The predicted molar refractivity (Wildman–Crippen MR) is 110 cm³/mol. The summed E-state index contributed by atoms with van der Waals surface area (Å²) in [6, 6.07) is 14.4. The molecule has 2 atom stereocenters. The summed E-state index contributed by atoms with van der Waals surface area (Å²) in [5.41, 5.74) is 10.6. The third-order valence-corrected chi connectivity index (χ3v) is 6.19. The van der Waals surface area contributed by atoms with E-state index in [9.17, 15) is 10.1 Å². The summed E-state index contributed by atoms with van der Waals surface area (Å²) in [6.45, 7) is 0. The van der Waals surface area contributed by atoms with Crippen molar-refractivity contribution in [2.45, 2.75) is 24.7 Å². The Morgan fingerprint density at radius 1 is 1.18 bits per heavy atom. The Morgan fingerprint density at radius 2 is 1.93 bits per heavy atom. The fourth-order valence-corrected chi connectivity index (χ4v) is 4.99. The van der Waals surface area contributed by atoms with Crippen LogP contribution >= 0.6 is 11.3 Å². The Balaban J connectivity index is 1.88. The maximum Gasteiger partial charge on any atom is 0.162 e. The summed E-state index contributed by atoms with van der Waals surface area (Å²) in [5, 5.41) is 17.5. The van der Waals surface area contributed by atoms with Crippen molar-refractivity contribution in [2.24, 2.45) is 5.73 Å². The number of hydrogen-bond acceptors (Lipinski definition) is 6. The van der Waals surface area contributed by atoms with Gasteiger partial charge in [0, 0.05) is 31.8 Å². The number of carbonyl (C=O) groups is 1. The Morgan fingerprint density at radius 3 is 2.54 bits per heavy atom. The first-order chi connectivity index (χ1) is 13.5. The lowest BCUT2D eigenvalue weighted by Gasteiger charge is -2.43. The molecule has 0 amide bonds. The van der Waals surface area contributed by atoms with Gasteiger partial charge in [0.1, 0.15) is 5.82 Å². The van der Waals surface area contributed by atoms with Crippen molar-refractivity contribution < 1.29 is 4.79 Å². The van der Waals surface area contributed by atoms with Crippen LogP contribution in [0, 0.1) is 11.3 Å². The Hall–Kier alpha value is -2.88. The highest BCUT2D eigenvalue weighted by atomic mass is 32.1. The molecule has 2 unspecified atom stereocenters. The largest absolute Gasteiger partial charge is 0.383 e. The molecular weight excluding hydrogens is 368 g/mol. The molecule has 0 saturated carbocycles. The number of benzene rings is 1. The van der Waals surface area contributed by atoms with E-state index in [-0.39, 0.29) is 17.6 Å². The lowest BCUT2D eigenvalue weighted by molar-refractivity contribution is -0.117. The van der Waals surface area contributed by atoms with Gasteiger partial charge in [0.2, 0.25) is 0 Å². The van der Waals surface area contributed by atoms with Gasteiger partial charge in [0.15, 0.2) is 5.78 Å². The van der Waals surface area contributed by atoms with Crippen LogP contribution in [0.25, 0.3) is 0 Å². The molecule has 5 nitrogen and oxygen atoms in total. The molecule has 142 valence electrons. The molecule has 2 aromatic rings. The molecule has 28 heavy (non-hydrogen) atoms. The van der Waals surface area contributed by atoms with Gasteiger partial charge in [-0.15, -0.1) is 0 Å². The number of Topliss-reactive ketones (excluding diaryl/α,β-unsaturated/α-hetero) is 1. The minimum Gasteiger partial charge on any atom is -0.383 e. The molecule has 1 aromatic carbocycles. The average molecular weight is 391 g/mol. The van der Waals surface area contributed by atoms with Crippen molar-refractivity contribution in [2.75, 3.05) is 14.1 Å². The minimum absolute atomic E-state index is 0.0957. The van der Waals surface area contributed by atoms with E-state index < -0.39 is 0 Å². The van der Waals surface area contributed by atoms with Gasteiger partial charge in [0.05, 0.1) is 17.6 Å². The second-order valence-electron chi connectivity index (χ2n) is 7.36. The summed E-state index contributed by atoms with van der Waals surface area (Å²) in [4.78, 5) is 13.4. The van der Waals surface area contributed by atoms with Crippen molar-refractivity contribution in [1.82, 2.24) is 10.0 Å². The summed E-state index contributed by atoms with van der Waals surface area (Å²) >= 11 is 1.56. The highest BCUT2D eigenvalue weighted by molar-refractivity contribution is 7.08. The number of hydrazine groups is 1. The minimum atomic E-state index is -0.383. The number of nitrogens with zero attached hydrogens (tertiary/aromatic N) is 3. The number of carbonyl (C=O) groups excluding carboxylic acids is 1. The van der Waals surface area contributed by atoms with Crippen LogP contribution in [0.15, 0.2) is 69.8 Å². The van der Waals surface area contributed by atoms with Crippen LogP contribution < -0.4 is 5.73 Å². The third-order valence-electron chi connectivity index (χ3n) is 5.49. The first-order valence-corrected chi connectivity index (χ1v) is 10.2. The van der Waals surface area contributed by atoms with Crippen molar-refractivity contribution in [3.8, 4) is 6.07 Å². The molecule has 2 N–H and O–H groups in total. The van der Waals surface area contributed by atoms with Gasteiger partial charge in [-0.25, -0.2) is 5.01 Å². The predicted octanol–water partition coefficient (Wildman–Crippen LogP) is 3.72. The van der Waals surface area contributed by atoms with Crippen LogP contribution in [0.3, 0.4) is 0 Å². The zero-order chi connectivity index (χ0) is 19.8. The van der Waals surface area contributed by atoms with Gasteiger partial charge in [-0.3, -0.25) is 9.80 Å². The van der Waals surface area contributed by atoms with E-state index >= 15 is 0 Å². The summed E-state index contributed by atoms with van der Waals surface area (Å²) in [5.74, 6) is 0.225. The maximum atomic E-state index is 13.4. The van der Waals surface area contributed by atoms with E-state index in [1.54, 1.807) is 11.3 Å². The van der Waals surface area contributed by atoms with Crippen LogP contribution in [0.5, 0.6) is 0 Å². The molecule has 4 rings (SSSR count). The quantitative estimate of drug-likeness (QED) is 0.865. The van der Waals surface area contributed by atoms with Gasteiger partial charge < -0.3 is 5.73 Å². The van der Waals surface area contributed by atoms with Crippen molar-refractivity contribution in [1.29, 1.82) is 5.26 Å². The average Bonchev–Trinajstić information content (AvgIpc) is 3.21. The highest BCUT2D eigenvalue weighted by Gasteiger charge is 2.43. The van der Waals surface area contributed by atoms with E-state index in [1.807, 2.05) is 59.1 Å². The molecule has 1 aromatic heterocycles. The first-order valence-electron chi connectivity index (χ1n) is 9.23. The van der Waals surface area contributed by atoms with Crippen LogP contribution in [0.1, 0.15) is 35.8 Å². The van der Waals surface area contributed by atoms with Gasteiger partial charge in [-0.2, -0.15) is 16.6 Å². The van der Waals surface area contributed by atoms with Gasteiger partial charge >= 0.3 is 0 Å². The van der Waals surface area contributed by atoms with Gasteiger partial charge in [-0.05, 0) is 40.3 Å². The SMILES string of the molecule is CN(C)N1C(N)=C(C#N)C(c2ccsc2)C2=C1CC(c1ccccc1)CC2=O. The van der Waals surface area contributed by atoms with Crippen LogP contribution in [-0.2, 0) is 4.79 Å². The Kier molecular flexibility index (Phi) is 4.80. The normalized spacial score (nSPS) is 22.5. The number of nitriles is 1. The smallest absolute Gasteiger partial charge is 0.162 e. The van der Waals surface area contributed by atoms with Crippen molar-refractivity contribution >= 4 is 17.1 Å². The topological polar surface area (TPSA) is 73.4 Å². The van der Waals surface area contributed by atoms with Gasteiger partial charge in [0.25, 0.3) is 0 Å². The summed E-state index contributed by atoms with van der Waals surface area (Å²) in [6.07, 6.45) is 1.16. The molecule has 0 bridgehead atoms. The third kappa shape index (κ3) is 2.93. The molecular formula is C22H22N4OS. The van der Waals surface area contributed by atoms with Crippen LogP contribution in [0.2, 0.25) is 0 Å². The molecule has 0 radical (unpaired) electrons. The highest BCUT2D eigenvalue weighted by Crippen LogP contribution is 2.48. The molecule has 2 aliphatic rings. The second kappa shape index (κ2) is 7.27. The second-order valence-corrected chi connectivity index (χ2v) is 8.14. The zero-order valence-corrected chi connectivity index (χ0v) is 16.7. The number of rotatable bonds is 3. The molecule has 1 aliphatic carbocycles. The van der Waals surface area contributed by atoms with E-state index in [0.29, 0.717) is 29.8 Å². The number of nitrogens with two attached hydrogens (primary N) is 1. The van der Waals surface area contributed by atoms with Crippen LogP contribution in [-0.4, -0.2) is 29.9 Å². The van der Waals surface area contributed by atoms with E-state index in [2.05, 4.69) is 18.2 Å². The van der Waals surface area contributed by atoms with Crippen molar-refractivity contribution in [3.63, 3.8) is 0 Å². The number of allylic oxidation sites excluding steroid dienone is 3. The van der Waals surface area contributed by atoms with E-state index in [1.165, 1.54) is 0 Å². The lowest BCUT2D eigenvalue weighted by Crippen LogP contribution is -2.45. The number of thiophene rings is 1. The standard InChI is InChI=1S/C22H22N4OS/c1-25(2)26-18-10-16(14-6-4-3-5-7-14)11-19(27)21(18)20(15-8-9-28-13-15)17(12-23)22(26)24/h3-9,13,16,20H,10-11,24H2,1-2H3. The fraction of sp³-hybridized carbons (Fsp3) is 0.273. The molecule has 0 saturated heterocycles. The fourth-order valence-electron chi connectivity index (χ4n) is 4.30. The zero-order valence-electron chi connectivity index (χ0n) is 15.9. The van der Waals surface area contributed by atoms with Crippen LogP contribution in [0.4, 0.5) is 0 Å². The van der Waals surface area contributed by atoms with E-state index in [0.717, 1.165) is 16.8 Å². The monoisotopic (exact) mass is 390 g/mol. The summed E-state index contributed by atoms with van der Waals surface area (Å²) in [7, 11) is 3.77. The molecule has 6 heteroatoms. The Bertz CT molecular complexity index is 999. The summed E-state index contributed by atoms with van der Waals surface area (Å²) < 4.78 is 0. The molecule has 1 aliphatic heterocycles. The Labute approximate surface area is 169 Å². The molecule has 0 spiro atoms. The molecule has 2 heterocycles. The first kappa shape index (κ1) is 18.5. The van der Waals surface area contributed by atoms with Crippen molar-refractivity contribution in [3.05, 3.63) is 80.9 Å².